The average molecular weight is 410 g/mol. The van der Waals surface area contributed by atoms with Gasteiger partial charge in [-0.25, -0.2) is 4.98 Å². The molecule has 1 atom stereocenters. The van der Waals surface area contributed by atoms with Crippen LogP contribution >= 0.6 is 11.3 Å². The van der Waals surface area contributed by atoms with Crippen LogP contribution in [0.15, 0.2) is 42.5 Å². The minimum Gasteiger partial charge on any atom is -0.497 e. The van der Waals surface area contributed by atoms with Crippen molar-refractivity contribution in [2.24, 2.45) is 5.92 Å². The van der Waals surface area contributed by atoms with Crippen LogP contribution in [-0.2, 0) is 4.79 Å². The predicted molar refractivity (Wildman–Crippen MR) is 116 cm³/mol. The fourth-order valence-electron chi connectivity index (χ4n) is 3.58. The SMILES string of the molecule is COc1ccc2nc(N3CCCC(C(=O)Nc4cccc(C(C)=O)c4)C3)sc2c1. The minimum absolute atomic E-state index is 0.0156. The Morgan fingerprint density at radius 1 is 1.24 bits per heavy atom. The van der Waals surface area contributed by atoms with Crippen LogP contribution in [0.1, 0.15) is 30.1 Å². The van der Waals surface area contributed by atoms with Crippen molar-refractivity contribution >= 4 is 44.1 Å². The number of benzene rings is 2. The number of ether oxygens (including phenoxy) is 1. The van der Waals surface area contributed by atoms with Crippen molar-refractivity contribution in [2.75, 3.05) is 30.4 Å². The zero-order valence-electron chi connectivity index (χ0n) is 16.5. The van der Waals surface area contributed by atoms with E-state index in [0.717, 1.165) is 40.5 Å². The first-order chi connectivity index (χ1) is 14.0. The number of thiazole rings is 1. The summed E-state index contributed by atoms with van der Waals surface area (Å²) in [6.07, 6.45) is 1.78. The normalized spacial score (nSPS) is 16.6. The number of aromatic nitrogens is 1. The Kier molecular flexibility index (Phi) is 5.49. The molecule has 3 aromatic rings. The van der Waals surface area contributed by atoms with Crippen LogP contribution in [0.2, 0.25) is 0 Å². The molecule has 29 heavy (non-hydrogen) atoms. The molecular weight excluding hydrogens is 386 g/mol. The van der Waals surface area contributed by atoms with Crippen LogP contribution < -0.4 is 15.0 Å². The van der Waals surface area contributed by atoms with E-state index in [1.807, 2.05) is 24.3 Å². The van der Waals surface area contributed by atoms with E-state index in [-0.39, 0.29) is 17.6 Å². The second-order valence-corrected chi connectivity index (χ2v) is 8.25. The summed E-state index contributed by atoms with van der Waals surface area (Å²) in [6.45, 7) is 3.04. The molecule has 1 N–H and O–H groups in total. The molecule has 7 heteroatoms. The van der Waals surface area contributed by atoms with Gasteiger partial charge in [0.2, 0.25) is 5.91 Å². The Balaban J connectivity index is 1.47. The highest BCUT2D eigenvalue weighted by molar-refractivity contribution is 7.22. The summed E-state index contributed by atoms with van der Waals surface area (Å²) < 4.78 is 6.37. The number of carbonyl (C=O) groups is 2. The van der Waals surface area contributed by atoms with Gasteiger partial charge in [0.25, 0.3) is 0 Å². The third-order valence-electron chi connectivity index (χ3n) is 5.18. The Labute approximate surface area is 173 Å². The van der Waals surface area contributed by atoms with Crippen molar-refractivity contribution in [1.82, 2.24) is 4.98 Å². The molecule has 1 aliphatic rings. The van der Waals surface area contributed by atoms with Gasteiger partial charge in [0.15, 0.2) is 10.9 Å². The van der Waals surface area contributed by atoms with Gasteiger partial charge in [-0.05, 0) is 50.1 Å². The van der Waals surface area contributed by atoms with Crippen molar-refractivity contribution in [3.05, 3.63) is 48.0 Å². The van der Waals surface area contributed by atoms with E-state index in [4.69, 9.17) is 9.72 Å². The molecule has 1 aromatic heterocycles. The molecule has 1 aliphatic heterocycles. The Morgan fingerprint density at radius 2 is 2.10 bits per heavy atom. The highest BCUT2D eigenvalue weighted by atomic mass is 32.1. The van der Waals surface area contributed by atoms with Crippen LogP contribution in [0.3, 0.4) is 0 Å². The molecule has 1 unspecified atom stereocenters. The van der Waals surface area contributed by atoms with E-state index in [1.165, 1.54) is 6.92 Å². The van der Waals surface area contributed by atoms with Gasteiger partial charge in [-0.3, -0.25) is 9.59 Å². The molecule has 2 aromatic carbocycles. The number of ketones is 1. The Hall–Kier alpha value is -2.93. The van der Waals surface area contributed by atoms with Crippen LogP contribution in [0.4, 0.5) is 10.8 Å². The first kappa shape index (κ1) is 19.4. The van der Waals surface area contributed by atoms with E-state index < -0.39 is 0 Å². The van der Waals surface area contributed by atoms with Crippen LogP contribution in [0.25, 0.3) is 10.2 Å². The summed E-state index contributed by atoms with van der Waals surface area (Å²) in [4.78, 5) is 31.3. The number of amides is 1. The first-order valence-electron chi connectivity index (χ1n) is 9.65. The predicted octanol–water partition coefficient (Wildman–Crippen LogP) is 4.36. The van der Waals surface area contributed by atoms with E-state index >= 15 is 0 Å². The molecule has 2 heterocycles. The molecule has 6 nitrogen and oxygen atoms in total. The number of rotatable bonds is 5. The standard InChI is InChI=1S/C22H23N3O3S/c1-14(26)15-5-3-7-17(11-15)23-21(27)16-6-4-10-25(13-16)22-24-19-9-8-18(28-2)12-20(19)29-22/h3,5,7-9,11-12,16H,4,6,10,13H2,1-2H3,(H,23,27). The van der Waals surface area contributed by atoms with Crippen molar-refractivity contribution in [2.45, 2.75) is 19.8 Å². The van der Waals surface area contributed by atoms with E-state index in [0.29, 0.717) is 17.8 Å². The van der Waals surface area contributed by atoms with Gasteiger partial charge < -0.3 is 15.0 Å². The summed E-state index contributed by atoms with van der Waals surface area (Å²) in [5.41, 5.74) is 2.20. The second kappa shape index (κ2) is 8.21. The second-order valence-electron chi connectivity index (χ2n) is 7.24. The monoisotopic (exact) mass is 409 g/mol. The number of Topliss-reactive ketones (excluding diaryl/α,β-unsaturated/α-hetero) is 1. The molecular formula is C22H23N3O3S. The maximum atomic E-state index is 12.8. The van der Waals surface area contributed by atoms with Gasteiger partial charge >= 0.3 is 0 Å². The molecule has 0 spiro atoms. The molecule has 1 saturated heterocycles. The quantitative estimate of drug-likeness (QED) is 0.634. The third-order valence-corrected chi connectivity index (χ3v) is 6.26. The number of nitrogens with zero attached hydrogens (tertiary/aromatic N) is 2. The van der Waals surface area contributed by atoms with Gasteiger partial charge in [-0.2, -0.15) is 0 Å². The number of nitrogens with one attached hydrogen (secondary N) is 1. The molecule has 1 fully saturated rings. The zero-order valence-corrected chi connectivity index (χ0v) is 17.3. The number of carbonyl (C=O) groups excluding carboxylic acids is 2. The number of fused-ring (bicyclic) bond motifs is 1. The van der Waals surface area contributed by atoms with Crippen LogP contribution in [0, 0.1) is 5.92 Å². The molecule has 1 amide bonds. The van der Waals surface area contributed by atoms with E-state index in [1.54, 1.807) is 36.6 Å². The van der Waals surface area contributed by atoms with Gasteiger partial charge in [0.05, 0.1) is 23.2 Å². The minimum atomic E-state index is -0.119. The first-order valence-corrected chi connectivity index (χ1v) is 10.5. The van der Waals surface area contributed by atoms with Crippen LogP contribution in [0.5, 0.6) is 5.75 Å². The maximum Gasteiger partial charge on any atom is 0.229 e. The average Bonchev–Trinajstić information content (AvgIpc) is 3.17. The fourth-order valence-corrected chi connectivity index (χ4v) is 4.61. The van der Waals surface area contributed by atoms with Crippen molar-refractivity contribution < 1.29 is 14.3 Å². The molecule has 0 aliphatic carbocycles. The summed E-state index contributed by atoms with van der Waals surface area (Å²) in [5, 5.41) is 3.90. The number of hydrogen-bond acceptors (Lipinski definition) is 6. The molecule has 0 radical (unpaired) electrons. The smallest absolute Gasteiger partial charge is 0.229 e. The molecule has 0 saturated carbocycles. The van der Waals surface area contributed by atoms with Gasteiger partial charge in [-0.15, -0.1) is 0 Å². The highest BCUT2D eigenvalue weighted by Crippen LogP contribution is 2.33. The molecule has 4 rings (SSSR count). The Morgan fingerprint density at radius 3 is 2.90 bits per heavy atom. The van der Waals surface area contributed by atoms with Gasteiger partial charge in [-0.1, -0.05) is 23.5 Å². The summed E-state index contributed by atoms with van der Waals surface area (Å²) in [5.74, 6) is 0.665. The largest absolute Gasteiger partial charge is 0.497 e. The number of methoxy groups -OCH3 is 1. The van der Waals surface area contributed by atoms with E-state index in [2.05, 4.69) is 10.2 Å². The topological polar surface area (TPSA) is 71.5 Å². The number of anilines is 2. The number of piperidine rings is 1. The fraction of sp³-hybridized carbons (Fsp3) is 0.318. The van der Waals surface area contributed by atoms with Crippen molar-refractivity contribution in [1.29, 1.82) is 0 Å². The Bertz CT molecular complexity index is 1060. The van der Waals surface area contributed by atoms with E-state index in [9.17, 15) is 9.59 Å². The van der Waals surface area contributed by atoms with Crippen molar-refractivity contribution in [3.63, 3.8) is 0 Å². The molecule has 0 bridgehead atoms. The lowest BCUT2D eigenvalue weighted by Gasteiger charge is -2.31. The maximum absolute atomic E-state index is 12.8. The van der Waals surface area contributed by atoms with Crippen molar-refractivity contribution in [3.8, 4) is 5.75 Å². The highest BCUT2D eigenvalue weighted by Gasteiger charge is 2.27. The summed E-state index contributed by atoms with van der Waals surface area (Å²) >= 11 is 1.62. The zero-order chi connectivity index (χ0) is 20.4. The number of hydrogen-bond donors (Lipinski definition) is 1. The summed E-state index contributed by atoms with van der Waals surface area (Å²) in [7, 11) is 1.66. The van der Waals surface area contributed by atoms with Gasteiger partial charge in [0.1, 0.15) is 5.75 Å². The lowest BCUT2D eigenvalue weighted by Crippen LogP contribution is -2.40. The third kappa shape index (κ3) is 4.24. The lowest BCUT2D eigenvalue weighted by atomic mass is 9.97. The summed E-state index contributed by atoms with van der Waals surface area (Å²) in [6, 6.07) is 12.9. The van der Waals surface area contributed by atoms with Crippen LogP contribution in [-0.4, -0.2) is 36.9 Å². The lowest BCUT2D eigenvalue weighted by molar-refractivity contribution is -0.120. The van der Waals surface area contributed by atoms with Gasteiger partial charge in [0, 0.05) is 24.3 Å². The molecule has 150 valence electrons.